The first-order valence-corrected chi connectivity index (χ1v) is 27.6. The van der Waals surface area contributed by atoms with Crippen LogP contribution in [-0.2, 0) is 11.9 Å². The summed E-state index contributed by atoms with van der Waals surface area (Å²) in [7, 11) is 14.8. The number of hydrogen-bond acceptors (Lipinski definition) is 2. The summed E-state index contributed by atoms with van der Waals surface area (Å²) in [5, 5.41) is 4.31. The quantitative estimate of drug-likeness (QED) is 0.126. The molecule has 3 aliphatic rings. The standard InChI is InChI=1S/C21H26N2.C18H15P.C13H8.2ClH.Ru/c1-14-9-16(3)20(17(4)10-14)22-7-8-23(13-22)21-18(5)11-15(2)12-19(21)6;1-4-10-16(11-5-1)19(17-12-6-2-7-13-17)18-14-8-3-9-15-18;1-3-7-12-10(5-1)9-11-6-2-4-8-13(11)12;;;/h9-12H,7-8H2,1-6H3;1-15H;1-5,7-9H;2*1H;/q;;;;;+2/p-1. The molecule has 1 fully saturated rings. The van der Waals surface area contributed by atoms with Crippen molar-refractivity contribution >= 4 is 74.7 Å². The van der Waals surface area contributed by atoms with Crippen LogP contribution in [0.2, 0.25) is 0 Å². The van der Waals surface area contributed by atoms with Gasteiger partial charge in [0, 0.05) is 0 Å². The second-order valence-corrected chi connectivity index (χ2v) is 27.1. The maximum absolute atomic E-state index is 7.85. The van der Waals surface area contributed by atoms with E-state index < -0.39 is 19.8 Å². The van der Waals surface area contributed by atoms with Crippen LogP contribution in [0.1, 0.15) is 44.5 Å². The van der Waals surface area contributed by atoms with Crippen molar-refractivity contribution in [2.45, 2.75) is 41.5 Å². The monoisotopic (exact) mass is 905 g/mol. The average molecular weight is 906 g/mol. The minimum atomic E-state index is -3.71. The van der Waals surface area contributed by atoms with Gasteiger partial charge >= 0.3 is 244 Å². The Bertz CT molecular complexity index is 2530. The summed E-state index contributed by atoms with van der Waals surface area (Å²) in [4.78, 5) is 4.88. The van der Waals surface area contributed by atoms with E-state index >= 15 is 0 Å². The van der Waals surface area contributed by atoms with E-state index in [0.717, 1.165) is 21.6 Å². The van der Waals surface area contributed by atoms with Gasteiger partial charge in [0.25, 0.3) is 0 Å². The van der Waals surface area contributed by atoms with Crippen LogP contribution in [-0.4, -0.2) is 21.6 Å². The van der Waals surface area contributed by atoms with Gasteiger partial charge in [0.15, 0.2) is 0 Å². The fraction of sp³-hybridized carbons (Fsp3) is 0.154. The van der Waals surface area contributed by atoms with E-state index in [1.165, 1.54) is 82.9 Å². The number of rotatable bonds is 5. The van der Waals surface area contributed by atoms with Crippen molar-refractivity contribution in [1.82, 2.24) is 0 Å². The zero-order chi connectivity index (χ0) is 40.6. The molecule has 6 aromatic rings. The van der Waals surface area contributed by atoms with Crippen molar-refractivity contribution in [2.24, 2.45) is 0 Å². The third-order valence-corrected chi connectivity index (χ3v) is 20.7. The van der Waals surface area contributed by atoms with Crippen molar-refractivity contribution in [3.8, 4) is 0 Å². The summed E-state index contributed by atoms with van der Waals surface area (Å²) in [6.07, 6.45) is 8.76. The third kappa shape index (κ3) is 7.84. The molecule has 0 bridgehead atoms. The van der Waals surface area contributed by atoms with Gasteiger partial charge in [0.2, 0.25) is 0 Å². The van der Waals surface area contributed by atoms with Crippen LogP contribution >= 0.6 is 27.3 Å². The molecule has 0 spiro atoms. The third-order valence-electron chi connectivity index (χ3n) is 11.0. The Morgan fingerprint density at radius 2 is 0.931 bits per heavy atom. The average Bonchev–Trinajstić information content (AvgIpc) is 3.81. The van der Waals surface area contributed by atoms with Gasteiger partial charge < -0.3 is 0 Å². The number of benzene rings is 6. The molecule has 1 heterocycles. The Morgan fingerprint density at radius 1 is 0.517 bits per heavy atom. The van der Waals surface area contributed by atoms with E-state index in [0.29, 0.717) is 0 Å². The largest absolute Gasteiger partial charge is 0.102 e. The predicted molar refractivity (Wildman–Crippen MR) is 256 cm³/mol. The zero-order valence-electron chi connectivity index (χ0n) is 34.0. The number of allylic oxidation sites excluding steroid dienone is 5. The Labute approximate surface area is 356 Å². The summed E-state index contributed by atoms with van der Waals surface area (Å²) >= 11 is -3.71. The second kappa shape index (κ2) is 17.0. The molecule has 0 saturated carbocycles. The maximum atomic E-state index is 7.85. The van der Waals surface area contributed by atoms with Crippen molar-refractivity contribution in [2.75, 3.05) is 22.9 Å². The molecule has 6 aromatic carbocycles. The molecule has 0 amide bonds. The number of hydrogen-bond donors (Lipinski definition) is 0. The van der Waals surface area contributed by atoms with E-state index in [1.54, 1.807) is 0 Å². The van der Waals surface area contributed by atoms with Crippen molar-refractivity contribution in [1.29, 1.82) is 0 Å². The summed E-state index contributed by atoms with van der Waals surface area (Å²) in [6, 6.07) is 50.1. The van der Waals surface area contributed by atoms with Gasteiger partial charge in [-0.25, -0.2) is 0 Å². The number of aryl methyl sites for hydroxylation is 6. The topological polar surface area (TPSA) is 6.48 Å². The molecule has 1 saturated heterocycles. The number of halogens is 2. The molecule has 6 heteroatoms. The molecule has 0 radical (unpaired) electrons. The van der Waals surface area contributed by atoms with E-state index in [4.69, 9.17) is 19.4 Å². The Kier molecular flexibility index (Phi) is 11.8. The van der Waals surface area contributed by atoms with Gasteiger partial charge in [-0.05, 0) is 36.4 Å². The molecule has 294 valence electrons. The molecule has 2 aliphatic carbocycles. The SMILES string of the molecule is Cc1cc(C)c(N2CCN(c3c(C)cc(C)cc3C)[C]2=[Ru]([Cl])([Cl])=[C]2C=CC=C3C2=Cc2ccccc23)c(C)c1.c1ccc([PH+](c2ccccc2)c2ccccc2)cc1. The van der Waals surface area contributed by atoms with Crippen LogP contribution in [0, 0.1) is 41.5 Å². The molecular weight excluding hydrogens is 856 g/mol. The van der Waals surface area contributed by atoms with E-state index in [-0.39, 0.29) is 0 Å². The minimum absolute atomic E-state index is 0.841. The summed E-state index contributed by atoms with van der Waals surface area (Å²) in [5.41, 5.74) is 14.9. The molecule has 0 unspecified atom stereocenters. The van der Waals surface area contributed by atoms with Gasteiger partial charge in [-0.2, -0.15) is 0 Å². The van der Waals surface area contributed by atoms with Gasteiger partial charge in [0.05, 0.1) is 7.92 Å². The maximum Gasteiger partial charge on any atom is 0.102 e. The van der Waals surface area contributed by atoms with Crippen LogP contribution in [0.5, 0.6) is 0 Å². The van der Waals surface area contributed by atoms with Crippen molar-refractivity contribution in [3.05, 3.63) is 208 Å². The molecule has 0 atom stereocenters. The van der Waals surface area contributed by atoms with Gasteiger partial charge in [-0.15, -0.1) is 0 Å². The Balaban J connectivity index is 0.000000206. The van der Waals surface area contributed by atoms with Crippen molar-refractivity contribution < 1.29 is 11.9 Å². The normalized spacial score (nSPS) is 14.8. The van der Waals surface area contributed by atoms with Gasteiger partial charge in [-0.1, -0.05) is 54.6 Å². The minimum Gasteiger partial charge on any atom is -0.0620 e. The number of anilines is 2. The molecule has 58 heavy (non-hydrogen) atoms. The van der Waals surface area contributed by atoms with Crippen LogP contribution in [0.3, 0.4) is 0 Å². The number of nitrogens with zero attached hydrogens (tertiary/aromatic N) is 2. The Hall–Kier alpha value is -4.49. The first-order valence-electron chi connectivity index (χ1n) is 19.8. The van der Waals surface area contributed by atoms with E-state index in [2.05, 4.69) is 215 Å². The zero-order valence-corrected chi connectivity index (χ0v) is 38.3. The molecule has 0 N–H and O–H groups in total. The summed E-state index contributed by atoms with van der Waals surface area (Å²) in [5.74, 6) is 0. The van der Waals surface area contributed by atoms with Gasteiger partial charge in [-0.3, -0.25) is 0 Å². The molecule has 1 aliphatic heterocycles. The molecule has 0 aromatic heterocycles. The Morgan fingerprint density at radius 3 is 1.38 bits per heavy atom. The molecule has 2 nitrogen and oxygen atoms in total. The summed E-state index contributed by atoms with van der Waals surface area (Å²) < 4.78 is 2.15. The van der Waals surface area contributed by atoms with Crippen LogP contribution in [0.15, 0.2) is 163 Å². The smallest absolute Gasteiger partial charge is 0.0620 e. The molecular formula is C52H50Cl2N2PRu+. The number of fused-ring (bicyclic) bond motifs is 3. The van der Waals surface area contributed by atoms with Crippen LogP contribution < -0.4 is 25.7 Å². The summed E-state index contributed by atoms with van der Waals surface area (Å²) in [6.45, 7) is 14.8. The van der Waals surface area contributed by atoms with Gasteiger partial charge in [0.1, 0.15) is 15.9 Å². The van der Waals surface area contributed by atoms with E-state index in [1.807, 2.05) is 0 Å². The first-order chi connectivity index (χ1) is 28.0. The van der Waals surface area contributed by atoms with Crippen LogP contribution in [0.25, 0.3) is 11.6 Å². The predicted octanol–water partition coefficient (Wildman–Crippen LogP) is 11.8. The van der Waals surface area contributed by atoms with Crippen LogP contribution in [0.4, 0.5) is 11.4 Å². The first kappa shape index (κ1) is 40.3. The van der Waals surface area contributed by atoms with Crippen molar-refractivity contribution in [3.63, 3.8) is 0 Å². The fourth-order valence-corrected chi connectivity index (χ4v) is 18.4. The molecule has 9 rings (SSSR count). The fourth-order valence-electron chi connectivity index (χ4n) is 8.89. The van der Waals surface area contributed by atoms with E-state index in [9.17, 15) is 0 Å². The second-order valence-electron chi connectivity index (χ2n) is 15.4.